The van der Waals surface area contributed by atoms with E-state index in [0.717, 1.165) is 12.1 Å². The van der Waals surface area contributed by atoms with Gasteiger partial charge in [-0.2, -0.15) is 0 Å². The van der Waals surface area contributed by atoms with E-state index < -0.39 is 11.6 Å². The molecule has 2 aromatic rings. The number of aryl methyl sites for hydroxylation is 1. The lowest BCUT2D eigenvalue weighted by Crippen LogP contribution is -2.05. The monoisotopic (exact) mass is 325 g/mol. The summed E-state index contributed by atoms with van der Waals surface area (Å²) in [5.74, 6) is -1.10. The summed E-state index contributed by atoms with van der Waals surface area (Å²) in [5, 5.41) is 3.02. The first kappa shape index (κ1) is 14.0. The van der Waals surface area contributed by atoms with Crippen LogP contribution in [0.15, 0.2) is 40.9 Å². The molecule has 1 N–H and O–H groups in total. The number of benzene rings is 2. The Morgan fingerprint density at radius 2 is 1.74 bits per heavy atom. The van der Waals surface area contributed by atoms with Crippen LogP contribution in [0.25, 0.3) is 0 Å². The van der Waals surface area contributed by atoms with Crippen LogP contribution >= 0.6 is 15.9 Å². The molecule has 0 aromatic heterocycles. The van der Waals surface area contributed by atoms with Crippen molar-refractivity contribution in [1.82, 2.24) is 0 Å². The summed E-state index contributed by atoms with van der Waals surface area (Å²) in [7, 11) is 0. The summed E-state index contributed by atoms with van der Waals surface area (Å²) in [5.41, 5.74) is 2.11. The number of halogens is 3. The molecule has 2 rings (SSSR count). The zero-order valence-corrected chi connectivity index (χ0v) is 12.1. The minimum absolute atomic E-state index is 0.0361. The lowest BCUT2D eigenvalue weighted by atomic mass is 10.1. The third-order valence-corrected chi connectivity index (χ3v) is 3.58. The van der Waals surface area contributed by atoms with Gasteiger partial charge in [0.25, 0.3) is 0 Å². The zero-order chi connectivity index (χ0) is 13.8. The minimum atomic E-state index is -0.558. The van der Waals surface area contributed by atoms with Crippen molar-refractivity contribution in [2.75, 3.05) is 5.32 Å². The predicted octanol–water partition coefficient (Wildman–Crippen LogP) is 4.90. The Bertz CT molecular complexity index is 567. The largest absolute Gasteiger partial charge is 0.381 e. The molecule has 0 bridgehead atoms. The molecule has 0 saturated heterocycles. The van der Waals surface area contributed by atoms with Gasteiger partial charge in [0.05, 0.1) is 4.47 Å². The van der Waals surface area contributed by atoms with Crippen molar-refractivity contribution in [2.45, 2.75) is 19.9 Å². The van der Waals surface area contributed by atoms with E-state index in [0.29, 0.717) is 0 Å². The Balaban J connectivity index is 2.12. The maximum absolute atomic E-state index is 13.8. The summed E-state index contributed by atoms with van der Waals surface area (Å²) in [6, 6.07) is 10.4. The fourth-order valence-corrected chi connectivity index (χ4v) is 2.15. The molecular weight excluding hydrogens is 312 g/mol. The molecule has 0 aliphatic carbocycles. The number of rotatable bonds is 4. The summed E-state index contributed by atoms with van der Waals surface area (Å²) >= 11 is 3.06. The van der Waals surface area contributed by atoms with Crippen LogP contribution in [0.2, 0.25) is 0 Å². The summed E-state index contributed by atoms with van der Waals surface area (Å²) in [6.45, 7) is 2.19. The van der Waals surface area contributed by atoms with Gasteiger partial charge < -0.3 is 5.32 Å². The third-order valence-electron chi connectivity index (χ3n) is 2.97. The van der Waals surface area contributed by atoms with Gasteiger partial charge >= 0.3 is 0 Å². The van der Waals surface area contributed by atoms with E-state index in [-0.39, 0.29) is 16.6 Å². The van der Waals surface area contributed by atoms with E-state index in [1.165, 1.54) is 17.7 Å². The quantitative estimate of drug-likeness (QED) is 0.788. The number of anilines is 1. The van der Waals surface area contributed by atoms with Gasteiger partial charge in [-0.3, -0.25) is 0 Å². The van der Waals surface area contributed by atoms with Crippen LogP contribution in [-0.2, 0) is 13.0 Å². The maximum atomic E-state index is 13.8. The van der Waals surface area contributed by atoms with Gasteiger partial charge in [0.2, 0.25) is 0 Å². The van der Waals surface area contributed by atoms with Crippen molar-refractivity contribution in [2.24, 2.45) is 0 Å². The van der Waals surface area contributed by atoms with Gasteiger partial charge in [0.1, 0.15) is 11.6 Å². The molecule has 0 heterocycles. The van der Waals surface area contributed by atoms with Crippen LogP contribution in [0.4, 0.5) is 14.5 Å². The van der Waals surface area contributed by atoms with Crippen molar-refractivity contribution in [3.8, 4) is 0 Å². The molecule has 0 aliphatic heterocycles. The Morgan fingerprint density at radius 1 is 1.05 bits per heavy atom. The Kier molecular flexibility index (Phi) is 4.53. The predicted molar refractivity (Wildman–Crippen MR) is 77.2 cm³/mol. The van der Waals surface area contributed by atoms with Crippen LogP contribution in [0.1, 0.15) is 18.1 Å². The Hall–Kier alpha value is -1.42. The highest BCUT2D eigenvalue weighted by atomic mass is 79.9. The van der Waals surface area contributed by atoms with Crippen molar-refractivity contribution in [3.63, 3.8) is 0 Å². The molecule has 4 heteroatoms. The molecule has 19 heavy (non-hydrogen) atoms. The van der Waals surface area contributed by atoms with Crippen molar-refractivity contribution < 1.29 is 8.78 Å². The van der Waals surface area contributed by atoms with Gasteiger partial charge in [-0.25, -0.2) is 8.78 Å². The van der Waals surface area contributed by atoms with Gasteiger partial charge in [-0.1, -0.05) is 19.1 Å². The first-order valence-corrected chi connectivity index (χ1v) is 6.86. The zero-order valence-electron chi connectivity index (χ0n) is 10.5. The molecule has 1 nitrogen and oxygen atoms in total. The van der Waals surface area contributed by atoms with Gasteiger partial charge in [-0.05, 0) is 52.2 Å². The second kappa shape index (κ2) is 6.15. The number of hydrogen-bond donors (Lipinski definition) is 1. The first-order chi connectivity index (χ1) is 9.11. The normalized spacial score (nSPS) is 10.5. The van der Waals surface area contributed by atoms with E-state index in [1.807, 2.05) is 24.3 Å². The van der Waals surface area contributed by atoms with E-state index in [2.05, 4.69) is 28.2 Å². The average Bonchev–Trinajstić information content (AvgIpc) is 2.44. The molecule has 0 atom stereocenters. The molecule has 0 unspecified atom stereocenters. The second-order valence-electron chi connectivity index (χ2n) is 4.23. The maximum Gasteiger partial charge on any atom is 0.145 e. The smallest absolute Gasteiger partial charge is 0.145 e. The topological polar surface area (TPSA) is 12.0 Å². The summed E-state index contributed by atoms with van der Waals surface area (Å²) in [4.78, 5) is 0. The molecule has 2 aromatic carbocycles. The molecule has 0 radical (unpaired) electrons. The standard InChI is InChI=1S/C15H14BrF2N/c1-2-10-3-5-11(6-4-10)19-9-12-14(17)8-7-13(16)15(12)18/h3-8,19H,2,9H2,1H3. The Labute approximate surface area is 119 Å². The minimum Gasteiger partial charge on any atom is -0.381 e. The number of nitrogens with one attached hydrogen (secondary N) is 1. The molecule has 0 aliphatic rings. The lowest BCUT2D eigenvalue weighted by molar-refractivity contribution is 0.555. The molecule has 100 valence electrons. The second-order valence-corrected chi connectivity index (χ2v) is 5.08. The third kappa shape index (κ3) is 3.32. The summed E-state index contributed by atoms with van der Waals surface area (Å²) < 4.78 is 27.6. The van der Waals surface area contributed by atoms with Crippen molar-refractivity contribution in [3.05, 3.63) is 63.6 Å². The molecule has 0 spiro atoms. The molecule has 0 amide bonds. The van der Waals surface area contributed by atoms with E-state index in [4.69, 9.17) is 0 Å². The highest BCUT2D eigenvalue weighted by Crippen LogP contribution is 2.22. The van der Waals surface area contributed by atoms with Gasteiger partial charge in [0, 0.05) is 17.8 Å². The van der Waals surface area contributed by atoms with E-state index in [1.54, 1.807) is 0 Å². The van der Waals surface area contributed by atoms with Crippen LogP contribution < -0.4 is 5.32 Å². The fourth-order valence-electron chi connectivity index (χ4n) is 1.78. The van der Waals surface area contributed by atoms with Crippen molar-refractivity contribution >= 4 is 21.6 Å². The van der Waals surface area contributed by atoms with Crippen LogP contribution in [0.5, 0.6) is 0 Å². The summed E-state index contributed by atoms with van der Waals surface area (Å²) in [6.07, 6.45) is 0.967. The number of hydrogen-bond acceptors (Lipinski definition) is 1. The fraction of sp³-hybridized carbons (Fsp3) is 0.200. The highest BCUT2D eigenvalue weighted by molar-refractivity contribution is 9.10. The Morgan fingerprint density at radius 3 is 2.37 bits per heavy atom. The molecular formula is C15H14BrF2N. The van der Waals surface area contributed by atoms with Gasteiger partial charge in [0.15, 0.2) is 0 Å². The molecule has 0 saturated carbocycles. The highest BCUT2D eigenvalue weighted by Gasteiger charge is 2.11. The van der Waals surface area contributed by atoms with Crippen LogP contribution in [0.3, 0.4) is 0 Å². The SMILES string of the molecule is CCc1ccc(NCc2c(F)ccc(Br)c2F)cc1. The van der Waals surface area contributed by atoms with E-state index >= 15 is 0 Å². The average molecular weight is 326 g/mol. The van der Waals surface area contributed by atoms with E-state index in [9.17, 15) is 8.78 Å². The molecule has 0 fully saturated rings. The van der Waals surface area contributed by atoms with Crippen LogP contribution in [0, 0.1) is 11.6 Å². The van der Waals surface area contributed by atoms with Crippen LogP contribution in [-0.4, -0.2) is 0 Å². The van der Waals surface area contributed by atoms with Gasteiger partial charge in [-0.15, -0.1) is 0 Å². The van der Waals surface area contributed by atoms with Crippen molar-refractivity contribution in [1.29, 1.82) is 0 Å². The lowest BCUT2D eigenvalue weighted by Gasteiger charge is -2.10. The first-order valence-electron chi connectivity index (χ1n) is 6.07.